The summed E-state index contributed by atoms with van der Waals surface area (Å²) >= 11 is 0. The lowest BCUT2D eigenvalue weighted by atomic mass is 10.2. The van der Waals surface area contributed by atoms with E-state index in [0.29, 0.717) is 22.6 Å². The van der Waals surface area contributed by atoms with E-state index < -0.39 is 5.91 Å². The van der Waals surface area contributed by atoms with Gasteiger partial charge in [0.1, 0.15) is 0 Å². The average molecular weight is 296 g/mol. The Labute approximate surface area is 127 Å². The zero-order chi connectivity index (χ0) is 15.9. The number of nitrogen functional groups attached to an aromatic ring is 1. The molecule has 0 heterocycles. The van der Waals surface area contributed by atoms with Crippen LogP contribution in [0.2, 0.25) is 0 Å². The third-order valence-electron chi connectivity index (χ3n) is 2.87. The van der Waals surface area contributed by atoms with Crippen molar-refractivity contribution < 1.29 is 9.59 Å². The number of nitrogens with one attached hydrogen (secondary N) is 1. The minimum atomic E-state index is -0.544. The Kier molecular flexibility index (Phi) is 4.87. The van der Waals surface area contributed by atoms with Gasteiger partial charge in [-0.15, -0.1) is 0 Å². The van der Waals surface area contributed by atoms with Crippen molar-refractivity contribution in [2.45, 2.75) is 6.42 Å². The van der Waals surface area contributed by atoms with Gasteiger partial charge in [0.2, 0.25) is 11.8 Å². The van der Waals surface area contributed by atoms with E-state index in [-0.39, 0.29) is 12.3 Å². The SMILES string of the molecule is NC(=O)c1cccc(NC(=O)CC=Nc2ccccc2N)c1. The zero-order valence-corrected chi connectivity index (χ0v) is 11.8. The van der Waals surface area contributed by atoms with E-state index in [1.165, 1.54) is 12.3 Å². The van der Waals surface area contributed by atoms with Gasteiger partial charge < -0.3 is 16.8 Å². The molecule has 0 radical (unpaired) electrons. The Bertz CT molecular complexity index is 726. The van der Waals surface area contributed by atoms with Crippen LogP contribution < -0.4 is 16.8 Å². The molecule has 0 atom stereocenters. The summed E-state index contributed by atoms with van der Waals surface area (Å²) in [6, 6.07) is 13.6. The van der Waals surface area contributed by atoms with Crippen molar-refractivity contribution in [2.75, 3.05) is 11.1 Å². The van der Waals surface area contributed by atoms with Crippen molar-refractivity contribution in [3.63, 3.8) is 0 Å². The average Bonchev–Trinajstić information content (AvgIpc) is 2.49. The summed E-state index contributed by atoms with van der Waals surface area (Å²) in [4.78, 5) is 27.0. The number of amides is 2. The summed E-state index contributed by atoms with van der Waals surface area (Å²) in [6.45, 7) is 0. The number of hydrogen-bond acceptors (Lipinski definition) is 4. The first-order valence-corrected chi connectivity index (χ1v) is 6.63. The maximum atomic E-state index is 11.8. The number of anilines is 2. The quantitative estimate of drug-likeness (QED) is 0.580. The molecule has 0 unspecified atom stereocenters. The number of para-hydroxylation sites is 2. The Morgan fingerprint density at radius 1 is 1.14 bits per heavy atom. The van der Waals surface area contributed by atoms with E-state index in [1.54, 1.807) is 30.3 Å². The highest BCUT2D eigenvalue weighted by Crippen LogP contribution is 2.19. The van der Waals surface area contributed by atoms with Crippen LogP contribution in [0.4, 0.5) is 17.1 Å². The number of aliphatic imine (C=N–C) groups is 1. The van der Waals surface area contributed by atoms with Gasteiger partial charge in [0, 0.05) is 17.5 Å². The van der Waals surface area contributed by atoms with Crippen LogP contribution in [0, 0.1) is 0 Å². The number of hydrogen-bond donors (Lipinski definition) is 3. The number of primary amides is 1. The van der Waals surface area contributed by atoms with Gasteiger partial charge in [-0.25, -0.2) is 0 Å². The molecule has 0 bridgehead atoms. The van der Waals surface area contributed by atoms with Crippen molar-refractivity contribution >= 4 is 35.1 Å². The number of carbonyl (C=O) groups is 2. The Hall–Kier alpha value is -3.15. The summed E-state index contributed by atoms with van der Waals surface area (Å²) < 4.78 is 0. The molecule has 0 aliphatic heterocycles. The van der Waals surface area contributed by atoms with Gasteiger partial charge in [-0.3, -0.25) is 14.6 Å². The van der Waals surface area contributed by atoms with Gasteiger partial charge in [0.15, 0.2) is 0 Å². The summed E-state index contributed by atoms with van der Waals surface area (Å²) in [6.07, 6.45) is 1.58. The standard InChI is InChI=1S/C16H16N4O2/c17-13-6-1-2-7-14(13)19-9-8-15(21)20-12-5-3-4-11(10-12)16(18)22/h1-7,9-10H,8,17H2,(H2,18,22)(H,20,21). The molecule has 2 amide bonds. The molecule has 0 aliphatic carbocycles. The number of nitrogens with zero attached hydrogens (tertiary/aromatic N) is 1. The lowest BCUT2D eigenvalue weighted by Gasteiger charge is -2.04. The van der Waals surface area contributed by atoms with Crippen molar-refractivity contribution in [3.8, 4) is 0 Å². The Balaban J connectivity index is 1.95. The third-order valence-corrected chi connectivity index (χ3v) is 2.87. The van der Waals surface area contributed by atoms with Gasteiger partial charge in [-0.1, -0.05) is 18.2 Å². The Morgan fingerprint density at radius 2 is 1.91 bits per heavy atom. The maximum Gasteiger partial charge on any atom is 0.248 e. The van der Waals surface area contributed by atoms with E-state index in [1.807, 2.05) is 12.1 Å². The first-order chi connectivity index (χ1) is 10.6. The molecule has 0 aliphatic rings. The molecule has 112 valence electrons. The van der Waals surface area contributed by atoms with Gasteiger partial charge in [0.05, 0.1) is 17.8 Å². The monoisotopic (exact) mass is 296 g/mol. The zero-order valence-electron chi connectivity index (χ0n) is 11.8. The number of carbonyl (C=O) groups excluding carboxylic acids is 2. The van der Waals surface area contributed by atoms with Gasteiger partial charge in [0.25, 0.3) is 0 Å². The minimum absolute atomic E-state index is 0.0924. The first-order valence-electron chi connectivity index (χ1n) is 6.63. The van der Waals surface area contributed by atoms with Crippen molar-refractivity contribution in [1.82, 2.24) is 0 Å². The van der Waals surface area contributed by atoms with Crippen LogP contribution in [0.5, 0.6) is 0 Å². The molecule has 6 heteroatoms. The lowest BCUT2D eigenvalue weighted by molar-refractivity contribution is -0.115. The predicted octanol–water partition coefficient (Wildman–Crippen LogP) is 2.10. The van der Waals surface area contributed by atoms with E-state index in [9.17, 15) is 9.59 Å². The first kappa shape index (κ1) is 15.2. The number of rotatable bonds is 5. The normalized spacial score (nSPS) is 10.5. The van der Waals surface area contributed by atoms with E-state index >= 15 is 0 Å². The number of nitrogens with two attached hydrogens (primary N) is 2. The second kappa shape index (κ2) is 7.03. The maximum absolute atomic E-state index is 11.8. The van der Waals surface area contributed by atoms with Crippen molar-refractivity contribution in [3.05, 3.63) is 54.1 Å². The van der Waals surface area contributed by atoms with Crippen LogP contribution in [-0.4, -0.2) is 18.0 Å². The van der Waals surface area contributed by atoms with Crippen LogP contribution in [0.25, 0.3) is 0 Å². The molecule has 6 nitrogen and oxygen atoms in total. The summed E-state index contributed by atoms with van der Waals surface area (Å²) in [5.74, 6) is -0.794. The molecule has 2 aromatic rings. The molecular weight excluding hydrogens is 280 g/mol. The lowest BCUT2D eigenvalue weighted by Crippen LogP contribution is -2.14. The molecular formula is C16H16N4O2. The van der Waals surface area contributed by atoms with E-state index in [0.717, 1.165) is 0 Å². The molecule has 0 saturated carbocycles. The van der Waals surface area contributed by atoms with Crippen LogP contribution in [-0.2, 0) is 4.79 Å². The van der Waals surface area contributed by atoms with Crippen molar-refractivity contribution in [1.29, 1.82) is 0 Å². The summed E-state index contributed by atoms with van der Waals surface area (Å²) in [5.41, 5.74) is 12.9. The van der Waals surface area contributed by atoms with E-state index in [2.05, 4.69) is 10.3 Å². The second-order valence-electron chi connectivity index (χ2n) is 4.57. The smallest absolute Gasteiger partial charge is 0.248 e. The largest absolute Gasteiger partial charge is 0.397 e. The van der Waals surface area contributed by atoms with Crippen LogP contribution >= 0.6 is 0 Å². The third kappa shape index (κ3) is 4.17. The Morgan fingerprint density at radius 3 is 2.64 bits per heavy atom. The van der Waals surface area contributed by atoms with E-state index in [4.69, 9.17) is 11.5 Å². The van der Waals surface area contributed by atoms with Crippen LogP contribution in [0.15, 0.2) is 53.5 Å². The summed E-state index contributed by atoms with van der Waals surface area (Å²) in [5, 5.41) is 2.67. The summed E-state index contributed by atoms with van der Waals surface area (Å²) in [7, 11) is 0. The predicted molar refractivity (Wildman–Crippen MR) is 87.2 cm³/mol. The van der Waals surface area contributed by atoms with Crippen molar-refractivity contribution in [2.24, 2.45) is 10.7 Å². The fourth-order valence-corrected chi connectivity index (χ4v) is 1.79. The number of benzene rings is 2. The highest BCUT2D eigenvalue weighted by molar-refractivity contribution is 6.01. The van der Waals surface area contributed by atoms with Crippen LogP contribution in [0.3, 0.4) is 0 Å². The van der Waals surface area contributed by atoms with Gasteiger partial charge >= 0.3 is 0 Å². The van der Waals surface area contributed by atoms with Crippen LogP contribution in [0.1, 0.15) is 16.8 Å². The fraction of sp³-hybridized carbons (Fsp3) is 0.0625. The van der Waals surface area contributed by atoms with Gasteiger partial charge in [-0.2, -0.15) is 0 Å². The highest BCUT2D eigenvalue weighted by Gasteiger charge is 2.04. The topological polar surface area (TPSA) is 111 Å². The van der Waals surface area contributed by atoms with Gasteiger partial charge in [-0.05, 0) is 30.3 Å². The molecule has 2 rings (SSSR count). The molecule has 22 heavy (non-hydrogen) atoms. The molecule has 2 aromatic carbocycles. The molecule has 0 aromatic heterocycles. The highest BCUT2D eigenvalue weighted by atomic mass is 16.2. The minimum Gasteiger partial charge on any atom is -0.397 e. The molecule has 0 spiro atoms. The molecule has 0 saturated heterocycles. The fourth-order valence-electron chi connectivity index (χ4n) is 1.79. The molecule has 0 fully saturated rings. The molecule has 5 N–H and O–H groups in total. The second-order valence-corrected chi connectivity index (χ2v) is 4.57.